The Kier molecular flexibility index (Phi) is 7.46. The van der Waals surface area contributed by atoms with Crippen molar-refractivity contribution in [3.8, 4) is 0 Å². The zero-order chi connectivity index (χ0) is 24.2. The normalized spacial score (nSPS) is 15.4. The van der Waals surface area contributed by atoms with Crippen LogP contribution in [0, 0.1) is 25.7 Å². The second-order valence-electron chi connectivity index (χ2n) is 9.14. The molecule has 1 fully saturated rings. The first kappa shape index (κ1) is 24.1. The van der Waals surface area contributed by atoms with E-state index in [1.165, 1.54) is 10.4 Å². The third kappa shape index (κ3) is 5.22. The van der Waals surface area contributed by atoms with Gasteiger partial charge in [0, 0.05) is 42.0 Å². The predicted molar refractivity (Wildman–Crippen MR) is 138 cm³/mol. The van der Waals surface area contributed by atoms with Gasteiger partial charge in [0.1, 0.15) is 17.0 Å². The number of aromatic nitrogens is 2. The van der Waals surface area contributed by atoms with Gasteiger partial charge < -0.3 is 15.5 Å². The van der Waals surface area contributed by atoms with E-state index in [1.54, 1.807) is 17.7 Å². The summed E-state index contributed by atoms with van der Waals surface area (Å²) in [5, 5.41) is 7.19. The van der Waals surface area contributed by atoms with E-state index >= 15 is 0 Å². The van der Waals surface area contributed by atoms with Gasteiger partial charge in [-0.2, -0.15) is 0 Å². The van der Waals surface area contributed by atoms with Crippen molar-refractivity contribution in [2.75, 3.05) is 23.3 Å². The molecule has 0 radical (unpaired) electrons. The van der Waals surface area contributed by atoms with Gasteiger partial charge in [-0.25, -0.2) is 9.97 Å². The molecule has 2 N–H and O–H groups in total. The van der Waals surface area contributed by atoms with Crippen LogP contribution < -0.4 is 15.5 Å². The quantitative estimate of drug-likeness (QED) is 0.507. The highest BCUT2D eigenvalue weighted by Gasteiger charge is 2.27. The van der Waals surface area contributed by atoms with Gasteiger partial charge in [0.15, 0.2) is 0 Å². The summed E-state index contributed by atoms with van der Waals surface area (Å²) in [4.78, 5) is 38.6. The number of nitrogens with zero attached hydrogens (tertiary/aromatic N) is 3. The molecule has 1 aliphatic rings. The molecule has 1 aromatic carbocycles. The molecule has 0 bridgehead atoms. The van der Waals surface area contributed by atoms with Crippen molar-refractivity contribution in [3.05, 3.63) is 46.6 Å². The number of hydrogen-bond acceptors (Lipinski definition) is 6. The summed E-state index contributed by atoms with van der Waals surface area (Å²) < 4.78 is 0. The Morgan fingerprint density at radius 2 is 1.97 bits per heavy atom. The molecule has 180 valence electrons. The minimum atomic E-state index is -0.0275. The van der Waals surface area contributed by atoms with Gasteiger partial charge in [-0.3, -0.25) is 9.59 Å². The van der Waals surface area contributed by atoms with Crippen molar-refractivity contribution in [1.29, 1.82) is 0 Å². The number of rotatable bonds is 7. The molecule has 1 unspecified atom stereocenters. The first-order chi connectivity index (χ1) is 16.4. The van der Waals surface area contributed by atoms with Crippen LogP contribution in [0.1, 0.15) is 49.1 Å². The highest BCUT2D eigenvalue weighted by atomic mass is 32.1. The summed E-state index contributed by atoms with van der Waals surface area (Å²) in [6.07, 6.45) is 4.04. The third-order valence-electron chi connectivity index (χ3n) is 6.83. The number of benzene rings is 1. The van der Waals surface area contributed by atoms with Gasteiger partial charge in [0.2, 0.25) is 11.8 Å². The SMILES string of the molecule is CCC(C)C(=O)Nc1cccc(CNC(=O)C2CCN(c3ncnc4sc(C)c(C)c34)CC2)c1. The molecule has 7 nitrogen and oxygen atoms in total. The molecular weight excluding hydrogens is 446 g/mol. The molecule has 1 atom stereocenters. The maximum absolute atomic E-state index is 12.9. The highest BCUT2D eigenvalue weighted by Crippen LogP contribution is 2.35. The summed E-state index contributed by atoms with van der Waals surface area (Å²) in [6.45, 7) is 10.2. The van der Waals surface area contributed by atoms with Crippen LogP contribution in [-0.2, 0) is 16.1 Å². The van der Waals surface area contributed by atoms with Gasteiger partial charge >= 0.3 is 0 Å². The minimum absolute atomic E-state index is 0.00725. The Balaban J connectivity index is 1.32. The Hall–Kier alpha value is -3.00. The topological polar surface area (TPSA) is 87.2 Å². The Morgan fingerprint density at radius 1 is 1.21 bits per heavy atom. The largest absolute Gasteiger partial charge is 0.356 e. The van der Waals surface area contributed by atoms with Crippen LogP contribution in [0.15, 0.2) is 30.6 Å². The van der Waals surface area contributed by atoms with Crippen molar-refractivity contribution in [3.63, 3.8) is 0 Å². The van der Waals surface area contributed by atoms with Crippen LogP contribution in [0.2, 0.25) is 0 Å². The van der Waals surface area contributed by atoms with Gasteiger partial charge in [-0.05, 0) is 56.4 Å². The predicted octanol–water partition coefficient (Wildman–Crippen LogP) is 4.83. The molecule has 0 saturated carbocycles. The molecule has 3 aromatic rings. The Bertz CT molecular complexity index is 1180. The molecule has 1 aliphatic heterocycles. The van der Waals surface area contributed by atoms with Crippen LogP contribution in [0.25, 0.3) is 10.2 Å². The fraction of sp³-hybridized carbons (Fsp3) is 0.462. The number of anilines is 2. The number of amides is 2. The zero-order valence-corrected chi connectivity index (χ0v) is 21.2. The highest BCUT2D eigenvalue weighted by molar-refractivity contribution is 7.18. The monoisotopic (exact) mass is 479 g/mol. The lowest BCUT2D eigenvalue weighted by Crippen LogP contribution is -2.40. The summed E-state index contributed by atoms with van der Waals surface area (Å²) in [7, 11) is 0. The molecule has 8 heteroatoms. The summed E-state index contributed by atoms with van der Waals surface area (Å²) in [5.41, 5.74) is 2.98. The van der Waals surface area contributed by atoms with E-state index < -0.39 is 0 Å². The molecule has 34 heavy (non-hydrogen) atoms. The smallest absolute Gasteiger partial charge is 0.227 e. The number of carbonyl (C=O) groups is 2. The van der Waals surface area contributed by atoms with Gasteiger partial charge in [-0.15, -0.1) is 11.3 Å². The lowest BCUT2D eigenvalue weighted by atomic mass is 9.95. The second-order valence-corrected chi connectivity index (χ2v) is 10.3. The fourth-order valence-corrected chi connectivity index (χ4v) is 5.29. The van der Waals surface area contributed by atoms with E-state index in [2.05, 4.69) is 39.3 Å². The van der Waals surface area contributed by atoms with Crippen molar-refractivity contribution in [1.82, 2.24) is 15.3 Å². The zero-order valence-electron chi connectivity index (χ0n) is 20.4. The molecule has 0 spiro atoms. The first-order valence-electron chi connectivity index (χ1n) is 12.0. The van der Waals surface area contributed by atoms with E-state index in [1.807, 2.05) is 38.1 Å². The average Bonchev–Trinajstić information content (AvgIpc) is 3.15. The Morgan fingerprint density at radius 3 is 2.71 bits per heavy atom. The number of piperidine rings is 1. The molecular formula is C26H33N5O2S. The van der Waals surface area contributed by atoms with Gasteiger partial charge in [-0.1, -0.05) is 26.0 Å². The van der Waals surface area contributed by atoms with Crippen LogP contribution in [0.5, 0.6) is 0 Å². The number of hydrogen-bond donors (Lipinski definition) is 2. The molecule has 2 aromatic heterocycles. The molecule has 4 rings (SSSR count). The van der Waals surface area contributed by atoms with Crippen LogP contribution in [0.3, 0.4) is 0 Å². The van der Waals surface area contributed by atoms with E-state index in [4.69, 9.17) is 0 Å². The Labute approximate surface area is 205 Å². The molecule has 0 aliphatic carbocycles. The molecule has 1 saturated heterocycles. The molecule has 3 heterocycles. The number of nitrogens with one attached hydrogen (secondary N) is 2. The fourth-order valence-electron chi connectivity index (χ4n) is 4.30. The standard InChI is InChI=1S/C26H33N5O2S/c1-5-16(2)24(32)30-21-8-6-7-19(13-21)14-27-25(33)20-9-11-31(12-10-20)23-22-17(3)18(4)34-26(22)29-15-28-23/h6-8,13,15-16,20H,5,9-12,14H2,1-4H3,(H,27,33)(H,30,32). The van der Waals surface area contributed by atoms with Crippen molar-refractivity contribution in [2.24, 2.45) is 11.8 Å². The minimum Gasteiger partial charge on any atom is -0.356 e. The van der Waals surface area contributed by atoms with Crippen LogP contribution in [-0.4, -0.2) is 34.9 Å². The van der Waals surface area contributed by atoms with Crippen molar-refractivity contribution < 1.29 is 9.59 Å². The van der Waals surface area contributed by atoms with Gasteiger partial charge in [0.05, 0.1) is 5.39 Å². The number of carbonyl (C=O) groups excluding carboxylic acids is 2. The average molecular weight is 480 g/mol. The van der Waals surface area contributed by atoms with E-state index in [9.17, 15) is 9.59 Å². The van der Waals surface area contributed by atoms with Crippen molar-refractivity contribution in [2.45, 2.75) is 53.5 Å². The maximum Gasteiger partial charge on any atom is 0.227 e. The van der Waals surface area contributed by atoms with Gasteiger partial charge in [0.25, 0.3) is 0 Å². The van der Waals surface area contributed by atoms with Crippen LogP contribution in [0.4, 0.5) is 11.5 Å². The van der Waals surface area contributed by atoms with E-state index in [-0.39, 0.29) is 23.7 Å². The number of fused-ring (bicyclic) bond motifs is 1. The second kappa shape index (κ2) is 10.5. The van der Waals surface area contributed by atoms with Crippen LogP contribution >= 0.6 is 11.3 Å². The number of thiophene rings is 1. The summed E-state index contributed by atoms with van der Waals surface area (Å²) >= 11 is 1.71. The summed E-state index contributed by atoms with van der Waals surface area (Å²) in [6, 6.07) is 7.67. The maximum atomic E-state index is 12.9. The third-order valence-corrected chi connectivity index (χ3v) is 7.95. The summed E-state index contributed by atoms with van der Waals surface area (Å²) in [5.74, 6) is 1.06. The number of aryl methyl sites for hydroxylation is 2. The first-order valence-corrected chi connectivity index (χ1v) is 12.8. The molecule has 2 amide bonds. The van der Waals surface area contributed by atoms with Crippen molar-refractivity contribution >= 4 is 44.9 Å². The lowest BCUT2D eigenvalue weighted by Gasteiger charge is -2.32. The lowest BCUT2D eigenvalue weighted by molar-refractivity contribution is -0.125. The van der Waals surface area contributed by atoms with E-state index in [0.717, 1.165) is 59.6 Å². The van der Waals surface area contributed by atoms with E-state index in [0.29, 0.717) is 6.54 Å².